The Morgan fingerprint density at radius 2 is 1.70 bits per heavy atom. The SMILES string of the molecule is O=C(c1cccc(F)c1Cl)c1c[nH]c2cccc(F)c12. The van der Waals surface area contributed by atoms with Crippen LogP contribution in [0.2, 0.25) is 5.02 Å². The highest BCUT2D eigenvalue weighted by Crippen LogP contribution is 2.27. The van der Waals surface area contributed by atoms with Crippen molar-refractivity contribution in [1.82, 2.24) is 4.98 Å². The second-order valence-electron chi connectivity index (χ2n) is 4.30. The number of ketones is 1. The number of carbonyl (C=O) groups is 1. The Morgan fingerprint density at radius 1 is 1.00 bits per heavy atom. The lowest BCUT2D eigenvalue weighted by atomic mass is 10.0. The fourth-order valence-electron chi connectivity index (χ4n) is 2.14. The average molecular weight is 292 g/mol. The van der Waals surface area contributed by atoms with E-state index in [1.807, 2.05) is 0 Å². The van der Waals surface area contributed by atoms with E-state index in [4.69, 9.17) is 11.6 Å². The molecule has 1 heterocycles. The normalized spacial score (nSPS) is 10.9. The average Bonchev–Trinajstić information content (AvgIpc) is 2.86. The largest absolute Gasteiger partial charge is 0.360 e. The Kier molecular flexibility index (Phi) is 3.03. The van der Waals surface area contributed by atoms with Crippen LogP contribution in [0.5, 0.6) is 0 Å². The molecular weight excluding hydrogens is 284 g/mol. The minimum absolute atomic E-state index is 0.0100. The Hall–Kier alpha value is -2.20. The first-order valence-corrected chi connectivity index (χ1v) is 6.21. The van der Waals surface area contributed by atoms with Gasteiger partial charge in [0.2, 0.25) is 0 Å². The van der Waals surface area contributed by atoms with Gasteiger partial charge in [-0.25, -0.2) is 8.78 Å². The Balaban J connectivity index is 2.21. The van der Waals surface area contributed by atoms with Gasteiger partial charge in [-0.15, -0.1) is 0 Å². The van der Waals surface area contributed by atoms with Crippen molar-refractivity contribution in [3.63, 3.8) is 0 Å². The molecule has 0 aliphatic heterocycles. The molecule has 0 amide bonds. The molecule has 1 N–H and O–H groups in total. The van der Waals surface area contributed by atoms with Crippen molar-refractivity contribution in [2.45, 2.75) is 0 Å². The van der Waals surface area contributed by atoms with Crippen molar-refractivity contribution in [3.8, 4) is 0 Å². The zero-order valence-corrected chi connectivity index (χ0v) is 10.8. The Morgan fingerprint density at radius 3 is 2.50 bits per heavy atom. The number of halogens is 3. The van der Waals surface area contributed by atoms with Crippen LogP contribution >= 0.6 is 11.6 Å². The Labute approximate surface area is 118 Å². The maximum absolute atomic E-state index is 13.9. The molecule has 1 aromatic heterocycles. The smallest absolute Gasteiger partial charge is 0.196 e. The molecule has 0 saturated heterocycles. The molecular formula is C15H8ClF2NO. The molecule has 0 bridgehead atoms. The highest BCUT2D eigenvalue weighted by atomic mass is 35.5. The van der Waals surface area contributed by atoms with Gasteiger partial charge < -0.3 is 4.98 Å². The summed E-state index contributed by atoms with van der Waals surface area (Å²) in [6.07, 6.45) is 1.40. The van der Waals surface area contributed by atoms with Gasteiger partial charge in [0.1, 0.15) is 11.6 Å². The van der Waals surface area contributed by atoms with Crippen LogP contribution in [0.1, 0.15) is 15.9 Å². The van der Waals surface area contributed by atoms with Gasteiger partial charge in [0.25, 0.3) is 0 Å². The van der Waals surface area contributed by atoms with Crippen molar-refractivity contribution in [2.24, 2.45) is 0 Å². The fourth-order valence-corrected chi connectivity index (χ4v) is 2.36. The monoisotopic (exact) mass is 291 g/mol. The molecule has 0 fully saturated rings. The summed E-state index contributed by atoms with van der Waals surface area (Å²) in [4.78, 5) is 15.2. The van der Waals surface area contributed by atoms with E-state index in [0.29, 0.717) is 5.52 Å². The van der Waals surface area contributed by atoms with E-state index in [2.05, 4.69) is 4.98 Å². The summed E-state index contributed by atoms with van der Waals surface area (Å²) in [6, 6.07) is 8.42. The fraction of sp³-hybridized carbons (Fsp3) is 0. The van der Waals surface area contributed by atoms with Gasteiger partial charge in [-0.3, -0.25) is 4.79 Å². The Bertz CT molecular complexity index is 826. The molecule has 0 saturated carbocycles. The van der Waals surface area contributed by atoms with Crippen LogP contribution in [-0.2, 0) is 0 Å². The first-order valence-electron chi connectivity index (χ1n) is 5.84. The zero-order chi connectivity index (χ0) is 14.3. The summed E-state index contributed by atoms with van der Waals surface area (Å²) < 4.78 is 27.3. The molecule has 3 aromatic rings. The van der Waals surface area contributed by atoms with Gasteiger partial charge in [0.15, 0.2) is 5.78 Å². The lowest BCUT2D eigenvalue weighted by molar-refractivity contribution is 0.104. The van der Waals surface area contributed by atoms with Crippen LogP contribution in [0.4, 0.5) is 8.78 Å². The molecule has 0 spiro atoms. The van der Waals surface area contributed by atoms with Gasteiger partial charge in [-0.1, -0.05) is 23.7 Å². The number of hydrogen-bond donors (Lipinski definition) is 1. The number of fused-ring (bicyclic) bond motifs is 1. The van der Waals surface area contributed by atoms with Crippen molar-refractivity contribution in [1.29, 1.82) is 0 Å². The third-order valence-corrected chi connectivity index (χ3v) is 3.48. The molecule has 2 aromatic carbocycles. The zero-order valence-electron chi connectivity index (χ0n) is 10.1. The molecule has 0 aliphatic carbocycles. The van der Waals surface area contributed by atoms with Gasteiger partial charge in [-0.05, 0) is 24.3 Å². The van der Waals surface area contributed by atoms with Crippen LogP contribution in [0.25, 0.3) is 10.9 Å². The molecule has 3 rings (SSSR count). The van der Waals surface area contributed by atoms with Crippen LogP contribution < -0.4 is 0 Å². The van der Waals surface area contributed by atoms with Crippen LogP contribution in [0.3, 0.4) is 0 Å². The van der Waals surface area contributed by atoms with Crippen molar-refractivity contribution in [3.05, 3.63) is 70.4 Å². The van der Waals surface area contributed by atoms with E-state index >= 15 is 0 Å². The first-order chi connectivity index (χ1) is 9.59. The number of benzene rings is 2. The number of hydrogen-bond acceptors (Lipinski definition) is 1. The number of aromatic amines is 1. The minimum Gasteiger partial charge on any atom is -0.360 e. The van der Waals surface area contributed by atoms with E-state index in [0.717, 1.165) is 6.07 Å². The standard InChI is InChI=1S/C15H8ClF2NO/c16-14-8(3-1-5-11(14)18)15(20)9-7-19-12-6-2-4-10(17)13(9)12/h1-7,19H. The summed E-state index contributed by atoms with van der Waals surface area (Å²) in [7, 11) is 0. The predicted octanol–water partition coefficient (Wildman–Crippen LogP) is 4.33. The van der Waals surface area contributed by atoms with Crippen molar-refractivity contribution in [2.75, 3.05) is 0 Å². The summed E-state index contributed by atoms with van der Waals surface area (Å²) in [5.74, 6) is -1.72. The van der Waals surface area contributed by atoms with Gasteiger partial charge in [0.05, 0.1) is 10.6 Å². The second kappa shape index (κ2) is 4.72. The van der Waals surface area contributed by atoms with Crippen LogP contribution in [0.15, 0.2) is 42.6 Å². The highest BCUT2D eigenvalue weighted by Gasteiger charge is 2.20. The third kappa shape index (κ3) is 1.89. The predicted molar refractivity (Wildman–Crippen MR) is 73.1 cm³/mol. The molecule has 2 nitrogen and oxygen atoms in total. The summed E-state index contributed by atoms with van der Waals surface area (Å²) in [5.41, 5.74) is 0.641. The van der Waals surface area contributed by atoms with Gasteiger partial charge in [0, 0.05) is 22.7 Å². The third-order valence-electron chi connectivity index (χ3n) is 3.10. The molecule has 0 atom stereocenters. The minimum atomic E-state index is -0.683. The van der Waals surface area contributed by atoms with Gasteiger partial charge >= 0.3 is 0 Å². The molecule has 0 radical (unpaired) electrons. The maximum Gasteiger partial charge on any atom is 0.196 e. The van der Waals surface area contributed by atoms with Crippen molar-refractivity contribution < 1.29 is 13.6 Å². The number of nitrogens with one attached hydrogen (secondary N) is 1. The van der Waals surface area contributed by atoms with Crippen molar-refractivity contribution >= 4 is 28.3 Å². The number of rotatable bonds is 2. The van der Waals surface area contributed by atoms with E-state index in [1.165, 1.54) is 30.5 Å². The molecule has 5 heteroatoms. The highest BCUT2D eigenvalue weighted by molar-refractivity contribution is 6.35. The molecule has 20 heavy (non-hydrogen) atoms. The topological polar surface area (TPSA) is 32.9 Å². The lowest BCUT2D eigenvalue weighted by Crippen LogP contribution is -2.03. The van der Waals surface area contributed by atoms with E-state index in [1.54, 1.807) is 6.07 Å². The summed E-state index contributed by atoms with van der Waals surface area (Å²) in [6.45, 7) is 0. The summed E-state index contributed by atoms with van der Waals surface area (Å²) >= 11 is 5.80. The number of carbonyl (C=O) groups excluding carboxylic acids is 1. The number of H-pyrrole nitrogens is 1. The molecule has 0 aliphatic rings. The molecule has 0 unspecified atom stereocenters. The summed E-state index contributed by atoms with van der Waals surface area (Å²) in [5, 5.41) is -0.0824. The second-order valence-corrected chi connectivity index (χ2v) is 4.67. The van der Waals surface area contributed by atoms with Crippen LogP contribution in [-0.4, -0.2) is 10.8 Å². The first kappa shape index (κ1) is 12.8. The van der Waals surface area contributed by atoms with Gasteiger partial charge in [-0.2, -0.15) is 0 Å². The maximum atomic E-state index is 13.9. The lowest BCUT2D eigenvalue weighted by Gasteiger charge is -2.03. The van der Waals surface area contributed by atoms with E-state index < -0.39 is 17.4 Å². The molecule has 100 valence electrons. The van der Waals surface area contributed by atoms with E-state index in [-0.39, 0.29) is 21.5 Å². The van der Waals surface area contributed by atoms with E-state index in [9.17, 15) is 13.6 Å². The number of aromatic nitrogens is 1. The quantitative estimate of drug-likeness (QED) is 0.700. The van der Waals surface area contributed by atoms with Crippen LogP contribution in [0, 0.1) is 11.6 Å².